The lowest BCUT2D eigenvalue weighted by Gasteiger charge is -2.13. The van der Waals surface area contributed by atoms with E-state index in [1.54, 1.807) is 6.20 Å². The van der Waals surface area contributed by atoms with Crippen LogP contribution in [0.4, 0.5) is 0 Å². The van der Waals surface area contributed by atoms with Crippen LogP contribution in [-0.4, -0.2) is 40.8 Å². The SMILES string of the molecule is CCNC(=NCc1cccc(C(=O)NC(C)CC)c1)NCCc1ccc(-n2cccn2)cc1.I. The fourth-order valence-corrected chi connectivity index (χ4v) is 3.29. The lowest BCUT2D eigenvalue weighted by molar-refractivity contribution is 0.0939. The maximum atomic E-state index is 12.4. The van der Waals surface area contributed by atoms with Crippen molar-refractivity contribution >= 4 is 35.8 Å². The number of rotatable bonds is 10. The van der Waals surface area contributed by atoms with Crippen molar-refractivity contribution in [2.24, 2.45) is 4.99 Å². The van der Waals surface area contributed by atoms with E-state index in [9.17, 15) is 4.79 Å². The van der Waals surface area contributed by atoms with Gasteiger partial charge < -0.3 is 16.0 Å². The van der Waals surface area contributed by atoms with E-state index < -0.39 is 0 Å². The summed E-state index contributed by atoms with van der Waals surface area (Å²) in [4.78, 5) is 17.1. The van der Waals surface area contributed by atoms with Crippen LogP contribution in [0, 0.1) is 0 Å². The summed E-state index contributed by atoms with van der Waals surface area (Å²) in [7, 11) is 0. The number of aromatic nitrogens is 2. The molecule has 8 heteroatoms. The van der Waals surface area contributed by atoms with E-state index in [1.165, 1.54) is 5.56 Å². The number of benzene rings is 2. The van der Waals surface area contributed by atoms with Gasteiger partial charge in [0.15, 0.2) is 5.96 Å². The second kappa shape index (κ2) is 14.4. The zero-order valence-corrected chi connectivity index (χ0v) is 22.5. The number of nitrogens with zero attached hydrogens (tertiary/aromatic N) is 3. The maximum Gasteiger partial charge on any atom is 0.251 e. The molecule has 0 bridgehead atoms. The molecule has 7 nitrogen and oxygen atoms in total. The fourth-order valence-electron chi connectivity index (χ4n) is 3.29. The molecule has 3 aromatic rings. The minimum Gasteiger partial charge on any atom is -0.357 e. The van der Waals surface area contributed by atoms with Gasteiger partial charge in [0.2, 0.25) is 0 Å². The summed E-state index contributed by atoms with van der Waals surface area (Å²) in [5.41, 5.74) is 3.96. The molecule has 1 atom stereocenters. The number of guanidine groups is 1. The van der Waals surface area contributed by atoms with Gasteiger partial charge in [-0.2, -0.15) is 5.10 Å². The zero-order valence-electron chi connectivity index (χ0n) is 20.1. The molecule has 3 rings (SSSR count). The Kier molecular flexibility index (Phi) is 11.6. The van der Waals surface area contributed by atoms with Crippen molar-refractivity contribution in [3.05, 3.63) is 83.7 Å². The van der Waals surface area contributed by atoms with Crippen LogP contribution < -0.4 is 16.0 Å². The normalized spacial score (nSPS) is 11.9. The summed E-state index contributed by atoms with van der Waals surface area (Å²) in [6.45, 7) is 8.16. The van der Waals surface area contributed by atoms with Gasteiger partial charge in [0.05, 0.1) is 12.2 Å². The van der Waals surface area contributed by atoms with Crippen molar-refractivity contribution in [2.45, 2.75) is 46.2 Å². The van der Waals surface area contributed by atoms with Crippen LogP contribution in [0.25, 0.3) is 5.69 Å². The van der Waals surface area contributed by atoms with Gasteiger partial charge in [0, 0.05) is 37.1 Å². The van der Waals surface area contributed by atoms with Gasteiger partial charge in [-0.15, -0.1) is 24.0 Å². The first-order chi connectivity index (χ1) is 16.1. The molecule has 0 aliphatic rings. The Labute approximate surface area is 219 Å². The minimum atomic E-state index is -0.0428. The predicted molar refractivity (Wildman–Crippen MR) is 149 cm³/mol. The van der Waals surface area contributed by atoms with Crippen LogP contribution in [-0.2, 0) is 13.0 Å². The lowest BCUT2D eigenvalue weighted by atomic mass is 10.1. The third kappa shape index (κ3) is 8.48. The quantitative estimate of drug-likeness (QED) is 0.192. The largest absolute Gasteiger partial charge is 0.357 e. The smallest absolute Gasteiger partial charge is 0.251 e. The fraction of sp³-hybridized carbons (Fsp3) is 0.346. The van der Waals surface area contributed by atoms with Gasteiger partial charge in [-0.1, -0.05) is 31.2 Å². The molecule has 1 heterocycles. The number of hydrogen-bond acceptors (Lipinski definition) is 3. The van der Waals surface area contributed by atoms with Crippen molar-refractivity contribution in [3.63, 3.8) is 0 Å². The minimum absolute atomic E-state index is 0. The van der Waals surface area contributed by atoms with Crippen molar-refractivity contribution in [1.29, 1.82) is 0 Å². The van der Waals surface area contributed by atoms with Gasteiger partial charge in [-0.25, -0.2) is 9.67 Å². The van der Waals surface area contributed by atoms with Crippen LogP contribution in [0.1, 0.15) is 48.7 Å². The first kappa shape index (κ1) is 27.4. The number of carbonyl (C=O) groups is 1. The summed E-state index contributed by atoms with van der Waals surface area (Å²) >= 11 is 0. The molecule has 0 spiro atoms. The Bertz CT molecular complexity index is 1030. The monoisotopic (exact) mass is 574 g/mol. The Morgan fingerprint density at radius 2 is 1.85 bits per heavy atom. The second-order valence-corrected chi connectivity index (χ2v) is 7.97. The number of amides is 1. The number of carbonyl (C=O) groups excluding carboxylic acids is 1. The summed E-state index contributed by atoms with van der Waals surface area (Å²) in [5.74, 6) is 0.721. The van der Waals surface area contributed by atoms with E-state index in [0.29, 0.717) is 12.1 Å². The molecule has 0 saturated heterocycles. The molecule has 0 fully saturated rings. The molecule has 1 aromatic heterocycles. The molecule has 3 N–H and O–H groups in total. The van der Waals surface area contributed by atoms with E-state index in [2.05, 4.69) is 52.2 Å². The van der Waals surface area contributed by atoms with Gasteiger partial charge in [-0.3, -0.25) is 4.79 Å². The summed E-state index contributed by atoms with van der Waals surface area (Å²) in [6.07, 6.45) is 5.50. The number of aliphatic imine (C=N–C) groups is 1. The molecule has 0 saturated carbocycles. The highest BCUT2D eigenvalue weighted by Crippen LogP contribution is 2.09. The standard InChI is InChI=1S/C26H34N6O.HI/c1-4-20(3)31-25(33)23-9-6-8-22(18-23)19-29-26(27-5-2)28-16-14-21-10-12-24(13-11-21)32-17-7-15-30-32;/h6-13,15,17-18,20H,4-5,14,16,19H2,1-3H3,(H,31,33)(H2,27,28,29);1H. The third-order valence-corrected chi connectivity index (χ3v) is 5.35. The van der Waals surface area contributed by atoms with Crippen molar-refractivity contribution in [2.75, 3.05) is 13.1 Å². The molecule has 1 unspecified atom stereocenters. The van der Waals surface area contributed by atoms with Crippen LogP contribution in [0.15, 0.2) is 72.0 Å². The number of nitrogens with one attached hydrogen (secondary N) is 3. The molecule has 2 aromatic carbocycles. The topological polar surface area (TPSA) is 83.3 Å². The van der Waals surface area contributed by atoms with E-state index in [1.807, 2.05) is 55.1 Å². The first-order valence-corrected chi connectivity index (χ1v) is 11.6. The third-order valence-electron chi connectivity index (χ3n) is 5.35. The summed E-state index contributed by atoms with van der Waals surface area (Å²) in [5, 5.41) is 13.9. The van der Waals surface area contributed by atoms with Crippen LogP contribution in [0.5, 0.6) is 0 Å². The van der Waals surface area contributed by atoms with Gasteiger partial charge in [0.25, 0.3) is 5.91 Å². The zero-order chi connectivity index (χ0) is 23.5. The van der Waals surface area contributed by atoms with Crippen LogP contribution in [0.3, 0.4) is 0 Å². The van der Waals surface area contributed by atoms with Crippen LogP contribution >= 0.6 is 24.0 Å². The van der Waals surface area contributed by atoms with E-state index in [-0.39, 0.29) is 35.9 Å². The highest BCUT2D eigenvalue weighted by molar-refractivity contribution is 14.0. The Morgan fingerprint density at radius 1 is 1.06 bits per heavy atom. The molecule has 182 valence electrons. The first-order valence-electron chi connectivity index (χ1n) is 11.6. The van der Waals surface area contributed by atoms with E-state index in [4.69, 9.17) is 4.99 Å². The molecule has 34 heavy (non-hydrogen) atoms. The van der Waals surface area contributed by atoms with Gasteiger partial charge in [0.1, 0.15) is 0 Å². The lowest BCUT2D eigenvalue weighted by Crippen LogP contribution is -2.38. The molecular weight excluding hydrogens is 539 g/mol. The Balaban J connectivity index is 0.00000408. The number of hydrogen-bond donors (Lipinski definition) is 3. The highest BCUT2D eigenvalue weighted by atomic mass is 127. The average Bonchev–Trinajstić information content (AvgIpc) is 3.38. The van der Waals surface area contributed by atoms with Crippen molar-refractivity contribution in [1.82, 2.24) is 25.7 Å². The second-order valence-electron chi connectivity index (χ2n) is 7.97. The van der Waals surface area contributed by atoms with Gasteiger partial charge >= 0.3 is 0 Å². The molecule has 0 aliphatic heterocycles. The summed E-state index contributed by atoms with van der Waals surface area (Å²) < 4.78 is 1.85. The highest BCUT2D eigenvalue weighted by Gasteiger charge is 2.09. The predicted octanol–water partition coefficient (Wildman–Crippen LogP) is 4.32. The van der Waals surface area contributed by atoms with E-state index in [0.717, 1.165) is 43.1 Å². The Hall–Kier alpha value is -2.88. The van der Waals surface area contributed by atoms with Crippen molar-refractivity contribution < 1.29 is 4.79 Å². The number of halogens is 1. The average molecular weight is 575 g/mol. The van der Waals surface area contributed by atoms with Crippen molar-refractivity contribution in [3.8, 4) is 5.69 Å². The van der Waals surface area contributed by atoms with E-state index >= 15 is 0 Å². The molecule has 1 amide bonds. The molecule has 0 radical (unpaired) electrons. The summed E-state index contributed by atoms with van der Waals surface area (Å²) in [6, 6.07) is 18.1. The van der Waals surface area contributed by atoms with Gasteiger partial charge in [-0.05, 0) is 68.1 Å². The Morgan fingerprint density at radius 3 is 2.53 bits per heavy atom. The molecule has 0 aliphatic carbocycles. The van der Waals surface area contributed by atoms with Crippen LogP contribution in [0.2, 0.25) is 0 Å². The molecular formula is C26H35IN6O. The maximum absolute atomic E-state index is 12.4.